The van der Waals surface area contributed by atoms with E-state index in [4.69, 9.17) is 11.5 Å². The van der Waals surface area contributed by atoms with Gasteiger partial charge < -0.3 is 11.5 Å². The molecule has 0 aromatic heterocycles. The third kappa shape index (κ3) is 9.25. The van der Waals surface area contributed by atoms with Crippen LogP contribution in [-0.2, 0) is 12.8 Å². The van der Waals surface area contributed by atoms with Crippen LogP contribution in [-0.4, -0.2) is 0 Å². The van der Waals surface area contributed by atoms with Crippen molar-refractivity contribution in [1.29, 1.82) is 0 Å². The Labute approximate surface area is 249 Å². The quantitative estimate of drug-likeness (QED) is 0.108. The molecular formula is C39H50N2. The minimum absolute atomic E-state index is 0.442. The summed E-state index contributed by atoms with van der Waals surface area (Å²) in [5.74, 6) is 0.885. The van der Waals surface area contributed by atoms with Crippen molar-refractivity contribution in [3.63, 3.8) is 0 Å². The Kier molecular flexibility index (Phi) is 11.9. The van der Waals surface area contributed by atoms with Gasteiger partial charge >= 0.3 is 0 Å². The summed E-state index contributed by atoms with van der Waals surface area (Å²) >= 11 is 0. The van der Waals surface area contributed by atoms with Crippen molar-refractivity contribution >= 4 is 11.4 Å². The van der Waals surface area contributed by atoms with E-state index >= 15 is 0 Å². The van der Waals surface area contributed by atoms with Crippen molar-refractivity contribution in [2.45, 2.75) is 96.3 Å². The standard InChI is InChI=1S/C39H50N2/c1-3-38(34-22-26-36(40)27-23-34)32-18-14-30(15-19-32)12-10-8-6-5-7-9-11-13-31-16-20-33(21-17-31)39(4-2)35-24-28-37(41)29-25-35/h14-29,38-39H,3-13,40-41H2,1-2H3. The minimum Gasteiger partial charge on any atom is -0.399 e. The topological polar surface area (TPSA) is 52.0 Å². The smallest absolute Gasteiger partial charge is 0.0314 e. The first kappa shape index (κ1) is 30.4. The number of aryl methyl sites for hydroxylation is 2. The summed E-state index contributed by atoms with van der Waals surface area (Å²) in [6.45, 7) is 4.52. The van der Waals surface area contributed by atoms with Gasteiger partial charge in [-0.25, -0.2) is 0 Å². The Morgan fingerprint density at radius 1 is 0.390 bits per heavy atom. The maximum Gasteiger partial charge on any atom is 0.0314 e. The lowest BCUT2D eigenvalue weighted by atomic mass is 9.88. The molecule has 0 saturated carbocycles. The van der Waals surface area contributed by atoms with Gasteiger partial charge in [0.15, 0.2) is 0 Å². The van der Waals surface area contributed by atoms with Gasteiger partial charge in [-0.15, -0.1) is 0 Å². The molecule has 216 valence electrons. The number of anilines is 2. The SMILES string of the molecule is CCC(c1ccc(N)cc1)c1ccc(CCCCCCCCCc2ccc(C(CC)c3ccc(N)cc3)cc2)cc1. The molecule has 0 amide bonds. The van der Waals surface area contributed by atoms with Gasteiger partial charge in [0.2, 0.25) is 0 Å². The number of hydrogen-bond donors (Lipinski definition) is 2. The van der Waals surface area contributed by atoms with Crippen molar-refractivity contribution in [1.82, 2.24) is 0 Å². The molecule has 4 rings (SSSR count). The number of benzene rings is 4. The van der Waals surface area contributed by atoms with Crippen LogP contribution in [0.1, 0.15) is 117 Å². The molecule has 0 aliphatic heterocycles. The average molecular weight is 547 g/mol. The second-order valence-corrected chi connectivity index (χ2v) is 11.7. The Bertz CT molecular complexity index is 1170. The van der Waals surface area contributed by atoms with Gasteiger partial charge in [-0.1, -0.05) is 119 Å². The second kappa shape index (κ2) is 16.1. The summed E-state index contributed by atoms with van der Waals surface area (Å²) < 4.78 is 0. The van der Waals surface area contributed by atoms with E-state index in [0.717, 1.165) is 24.2 Å². The van der Waals surface area contributed by atoms with Gasteiger partial charge in [-0.3, -0.25) is 0 Å². The van der Waals surface area contributed by atoms with Crippen LogP contribution < -0.4 is 11.5 Å². The molecule has 4 aromatic carbocycles. The summed E-state index contributed by atoms with van der Waals surface area (Å²) in [6.07, 6.45) is 13.9. The molecule has 0 bridgehead atoms. The average Bonchev–Trinajstić information content (AvgIpc) is 3.00. The molecule has 4 aromatic rings. The Morgan fingerprint density at radius 3 is 0.951 bits per heavy atom. The Hall–Kier alpha value is -3.52. The molecule has 2 atom stereocenters. The van der Waals surface area contributed by atoms with Gasteiger partial charge in [0, 0.05) is 23.2 Å². The first-order valence-electron chi connectivity index (χ1n) is 16.0. The lowest BCUT2D eigenvalue weighted by Gasteiger charge is -2.17. The summed E-state index contributed by atoms with van der Waals surface area (Å²) in [5.41, 5.74) is 21.8. The molecule has 41 heavy (non-hydrogen) atoms. The number of nitrogen functional groups attached to an aromatic ring is 2. The Morgan fingerprint density at radius 2 is 0.659 bits per heavy atom. The summed E-state index contributed by atoms with van der Waals surface area (Å²) in [4.78, 5) is 0. The van der Waals surface area contributed by atoms with E-state index in [1.165, 1.54) is 91.2 Å². The molecule has 0 heterocycles. The predicted molar refractivity (Wildman–Crippen MR) is 179 cm³/mol. The molecule has 0 radical (unpaired) electrons. The van der Waals surface area contributed by atoms with Crippen LogP contribution in [0.15, 0.2) is 97.1 Å². The molecule has 0 spiro atoms. The lowest BCUT2D eigenvalue weighted by Crippen LogP contribution is -2.00. The van der Waals surface area contributed by atoms with Crippen molar-refractivity contribution in [2.24, 2.45) is 0 Å². The third-order valence-electron chi connectivity index (χ3n) is 8.69. The van der Waals surface area contributed by atoms with E-state index in [2.05, 4.69) is 86.6 Å². The third-order valence-corrected chi connectivity index (χ3v) is 8.69. The largest absolute Gasteiger partial charge is 0.399 e. The number of nitrogens with two attached hydrogens (primary N) is 2. The molecule has 0 fully saturated rings. The van der Waals surface area contributed by atoms with Gasteiger partial charge in [-0.2, -0.15) is 0 Å². The first-order chi connectivity index (χ1) is 20.1. The van der Waals surface area contributed by atoms with Gasteiger partial charge in [-0.05, 0) is 96.2 Å². The van der Waals surface area contributed by atoms with Crippen LogP contribution in [0.2, 0.25) is 0 Å². The second-order valence-electron chi connectivity index (χ2n) is 11.7. The highest BCUT2D eigenvalue weighted by molar-refractivity contribution is 5.44. The van der Waals surface area contributed by atoms with E-state index in [1.54, 1.807) is 0 Å². The molecule has 2 nitrogen and oxygen atoms in total. The molecule has 2 unspecified atom stereocenters. The fourth-order valence-corrected chi connectivity index (χ4v) is 6.16. The fraction of sp³-hybridized carbons (Fsp3) is 0.385. The Balaban J connectivity index is 1.08. The molecule has 2 heteroatoms. The van der Waals surface area contributed by atoms with E-state index in [0.29, 0.717) is 11.8 Å². The van der Waals surface area contributed by atoms with Crippen molar-refractivity contribution < 1.29 is 0 Å². The highest BCUT2D eigenvalue weighted by Gasteiger charge is 2.13. The summed E-state index contributed by atoms with van der Waals surface area (Å²) in [7, 11) is 0. The lowest BCUT2D eigenvalue weighted by molar-refractivity contribution is 0.579. The zero-order valence-corrected chi connectivity index (χ0v) is 25.3. The van der Waals surface area contributed by atoms with Gasteiger partial charge in [0.25, 0.3) is 0 Å². The van der Waals surface area contributed by atoms with Crippen molar-refractivity contribution in [2.75, 3.05) is 11.5 Å². The number of unbranched alkanes of at least 4 members (excludes halogenated alkanes) is 6. The van der Waals surface area contributed by atoms with Crippen LogP contribution in [0.3, 0.4) is 0 Å². The van der Waals surface area contributed by atoms with E-state index in [1.807, 2.05) is 24.3 Å². The van der Waals surface area contributed by atoms with E-state index < -0.39 is 0 Å². The first-order valence-corrected chi connectivity index (χ1v) is 16.0. The van der Waals surface area contributed by atoms with Crippen LogP contribution in [0.25, 0.3) is 0 Å². The maximum absolute atomic E-state index is 5.88. The molecule has 0 aliphatic rings. The van der Waals surface area contributed by atoms with Crippen LogP contribution in [0.5, 0.6) is 0 Å². The van der Waals surface area contributed by atoms with E-state index in [9.17, 15) is 0 Å². The van der Waals surface area contributed by atoms with Crippen molar-refractivity contribution in [3.05, 3.63) is 130 Å². The van der Waals surface area contributed by atoms with Crippen molar-refractivity contribution in [3.8, 4) is 0 Å². The van der Waals surface area contributed by atoms with Gasteiger partial charge in [0.05, 0.1) is 0 Å². The summed E-state index contributed by atoms with van der Waals surface area (Å²) in [6, 6.07) is 35.4. The normalized spacial score (nSPS) is 12.7. The zero-order valence-electron chi connectivity index (χ0n) is 25.3. The molecule has 0 saturated heterocycles. The monoisotopic (exact) mass is 546 g/mol. The minimum atomic E-state index is 0.442. The maximum atomic E-state index is 5.88. The zero-order chi connectivity index (χ0) is 28.9. The van der Waals surface area contributed by atoms with Crippen LogP contribution >= 0.6 is 0 Å². The number of hydrogen-bond acceptors (Lipinski definition) is 2. The van der Waals surface area contributed by atoms with E-state index in [-0.39, 0.29) is 0 Å². The molecule has 4 N–H and O–H groups in total. The van der Waals surface area contributed by atoms with Gasteiger partial charge in [0.1, 0.15) is 0 Å². The molecule has 0 aliphatic carbocycles. The highest BCUT2D eigenvalue weighted by atomic mass is 14.5. The molecular weight excluding hydrogens is 496 g/mol. The summed E-state index contributed by atoms with van der Waals surface area (Å²) in [5, 5.41) is 0. The predicted octanol–water partition coefficient (Wildman–Crippen LogP) is 10.5. The fourth-order valence-electron chi connectivity index (χ4n) is 6.16. The highest BCUT2D eigenvalue weighted by Crippen LogP contribution is 2.30. The van der Waals surface area contributed by atoms with Crippen LogP contribution in [0, 0.1) is 0 Å². The number of rotatable bonds is 16. The van der Waals surface area contributed by atoms with Crippen LogP contribution in [0.4, 0.5) is 11.4 Å².